The summed E-state index contributed by atoms with van der Waals surface area (Å²) in [6.07, 6.45) is -2.75. The van der Waals surface area contributed by atoms with Gasteiger partial charge in [0.2, 0.25) is 11.8 Å². The molecular formula is C17H22F4N4O2. The first-order chi connectivity index (χ1) is 12.8. The van der Waals surface area contributed by atoms with Gasteiger partial charge in [0, 0.05) is 25.2 Å². The Morgan fingerprint density at radius 3 is 2.81 bits per heavy atom. The summed E-state index contributed by atoms with van der Waals surface area (Å²) >= 11 is 0. The Hall–Kier alpha value is -2.10. The zero-order valence-corrected chi connectivity index (χ0v) is 14.9. The van der Waals surface area contributed by atoms with Crippen LogP contribution in [-0.2, 0) is 11.3 Å². The number of methoxy groups -OCH3 is 1. The first-order valence-electron chi connectivity index (χ1n) is 8.85. The molecule has 2 atom stereocenters. The number of alkyl halides is 3. The Labute approximate surface area is 154 Å². The number of nitrogens with one attached hydrogen (secondary N) is 2. The number of nitrogens with zero attached hydrogens (tertiary/aromatic N) is 2. The Kier molecular flexibility index (Phi) is 5.73. The number of anilines is 1. The Balaban J connectivity index is 1.70. The summed E-state index contributed by atoms with van der Waals surface area (Å²) in [5.74, 6) is -2.50. The number of carbonyl (C=O) groups is 1. The molecule has 6 nitrogen and oxygen atoms in total. The predicted octanol–water partition coefficient (Wildman–Crippen LogP) is 1.99. The lowest BCUT2D eigenvalue weighted by molar-refractivity contribution is -0.168. The standard InChI is InChI=1S/C17H22F4N4O2/c1-27-16-10(8-23-15(26)13-3-2-5-22-13)7-12(18)14(24-16)25-6-4-11(9-25)17(19,20)21/h7,11,13,22H,2-6,8-9H2,1H3,(H,23,26). The smallest absolute Gasteiger partial charge is 0.393 e. The molecule has 1 aromatic rings. The van der Waals surface area contributed by atoms with E-state index in [1.54, 1.807) is 0 Å². The summed E-state index contributed by atoms with van der Waals surface area (Å²) in [6.45, 7) is 0.539. The highest BCUT2D eigenvalue weighted by Crippen LogP contribution is 2.36. The van der Waals surface area contributed by atoms with Crippen LogP contribution in [0.3, 0.4) is 0 Å². The van der Waals surface area contributed by atoms with Gasteiger partial charge < -0.3 is 20.3 Å². The number of rotatable bonds is 5. The van der Waals surface area contributed by atoms with Crippen molar-refractivity contribution >= 4 is 11.7 Å². The lowest BCUT2D eigenvalue weighted by atomic mass is 10.1. The number of hydrogen-bond acceptors (Lipinski definition) is 5. The van der Waals surface area contributed by atoms with Crippen LogP contribution >= 0.6 is 0 Å². The molecule has 2 aliphatic rings. The van der Waals surface area contributed by atoms with E-state index in [2.05, 4.69) is 15.6 Å². The van der Waals surface area contributed by atoms with Gasteiger partial charge >= 0.3 is 6.18 Å². The summed E-state index contributed by atoms with van der Waals surface area (Å²) in [6, 6.07) is 0.890. The largest absolute Gasteiger partial charge is 0.481 e. The Morgan fingerprint density at radius 1 is 1.44 bits per heavy atom. The van der Waals surface area contributed by atoms with Crippen molar-refractivity contribution in [3.05, 3.63) is 17.4 Å². The molecule has 27 heavy (non-hydrogen) atoms. The molecular weight excluding hydrogens is 368 g/mol. The van der Waals surface area contributed by atoms with E-state index in [4.69, 9.17) is 4.74 Å². The van der Waals surface area contributed by atoms with Crippen molar-refractivity contribution in [1.29, 1.82) is 0 Å². The first-order valence-corrected chi connectivity index (χ1v) is 8.85. The monoisotopic (exact) mass is 390 g/mol. The van der Waals surface area contributed by atoms with Crippen LogP contribution in [0.4, 0.5) is 23.4 Å². The van der Waals surface area contributed by atoms with E-state index in [1.165, 1.54) is 12.0 Å². The lowest BCUT2D eigenvalue weighted by Gasteiger charge is -2.21. The van der Waals surface area contributed by atoms with Crippen molar-refractivity contribution in [2.75, 3.05) is 31.6 Å². The fourth-order valence-corrected chi connectivity index (χ4v) is 3.46. The fraction of sp³-hybridized carbons (Fsp3) is 0.647. The average Bonchev–Trinajstić information content (AvgIpc) is 3.30. The third-order valence-electron chi connectivity index (χ3n) is 4.97. The number of hydrogen-bond donors (Lipinski definition) is 2. The lowest BCUT2D eigenvalue weighted by Crippen LogP contribution is -2.40. The predicted molar refractivity (Wildman–Crippen MR) is 90.0 cm³/mol. The topological polar surface area (TPSA) is 66.5 Å². The van der Waals surface area contributed by atoms with Crippen LogP contribution in [0, 0.1) is 11.7 Å². The van der Waals surface area contributed by atoms with E-state index in [9.17, 15) is 22.4 Å². The Bertz CT molecular complexity index is 692. The van der Waals surface area contributed by atoms with Gasteiger partial charge in [-0.2, -0.15) is 18.2 Å². The summed E-state index contributed by atoms with van der Waals surface area (Å²) in [5, 5.41) is 5.77. The molecule has 0 bridgehead atoms. The normalized spacial score (nSPS) is 22.9. The van der Waals surface area contributed by atoms with Gasteiger partial charge in [-0.15, -0.1) is 0 Å². The van der Waals surface area contributed by atoms with Crippen LogP contribution in [0.25, 0.3) is 0 Å². The number of ether oxygens (including phenoxy) is 1. The molecule has 2 fully saturated rings. The van der Waals surface area contributed by atoms with Crippen LogP contribution in [0.15, 0.2) is 6.07 Å². The molecule has 1 aromatic heterocycles. The summed E-state index contributed by atoms with van der Waals surface area (Å²) in [4.78, 5) is 17.4. The van der Waals surface area contributed by atoms with Gasteiger partial charge in [-0.1, -0.05) is 0 Å². The highest BCUT2D eigenvalue weighted by Gasteiger charge is 2.44. The third kappa shape index (κ3) is 4.42. The molecule has 2 N–H and O–H groups in total. The average molecular weight is 390 g/mol. The SMILES string of the molecule is COc1nc(N2CCC(C(F)(F)F)C2)c(F)cc1CNC(=O)C1CCCN1. The molecule has 150 valence electrons. The molecule has 0 aliphatic carbocycles. The zero-order chi connectivity index (χ0) is 19.6. The highest BCUT2D eigenvalue weighted by atomic mass is 19.4. The zero-order valence-electron chi connectivity index (χ0n) is 14.9. The third-order valence-corrected chi connectivity index (χ3v) is 4.97. The highest BCUT2D eigenvalue weighted by molar-refractivity contribution is 5.82. The quantitative estimate of drug-likeness (QED) is 0.753. The molecule has 2 unspecified atom stereocenters. The second-order valence-corrected chi connectivity index (χ2v) is 6.80. The number of halogens is 4. The fourth-order valence-electron chi connectivity index (χ4n) is 3.46. The summed E-state index contributed by atoms with van der Waals surface area (Å²) in [7, 11) is 1.34. The molecule has 10 heteroatoms. The molecule has 2 saturated heterocycles. The van der Waals surface area contributed by atoms with E-state index in [1.807, 2.05) is 0 Å². The van der Waals surface area contributed by atoms with Gasteiger partial charge in [0.1, 0.15) is 0 Å². The number of pyridine rings is 1. The van der Waals surface area contributed by atoms with Crippen molar-refractivity contribution in [2.45, 2.75) is 38.0 Å². The van der Waals surface area contributed by atoms with Crippen molar-refractivity contribution in [2.24, 2.45) is 5.92 Å². The van der Waals surface area contributed by atoms with Crippen LogP contribution in [0.5, 0.6) is 5.88 Å². The molecule has 3 heterocycles. The van der Waals surface area contributed by atoms with Crippen molar-refractivity contribution in [3.8, 4) is 5.88 Å². The molecule has 3 rings (SSSR count). The molecule has 2 aliphatic heterocycles. The van der Waals surface area contributed by atoms with E-state index >= 15 is 0 Å². The maximum Gasteiger partial charge on any atom is 0.393 e. The summed E-state index contributed by atoms with van der Waals surface area (Å²) < 4.78 is 58.2. The van der Waals surface area contributed by atoms with E-state index in [0.29, 0.717) is 5.56 Å². The van der Waals surface area contributed by atoms with Gasteiger partial charge in [-0.05, 0) is 31.9 Å². The van der Waals surface area contributed by atoms with Crippen LogP contribution in [0.2, 0.25) is 0 Å². The number of carbonyl (C=O) groups excluding carboxylic acids is 1. The van der Waals surface area contributed by atoms with E-state index in [0.717, 1.165) is 25.5 Å². The molecule has 0 saturated carbocycles. The van der Waals surface area contributed by atoms with E-state index < -0.39 is 17.9 Å². The number of aromatic nitrogens is 1. The summed E-state index contributed by atoms with van der Waals surface area (Å²) in [5.41, 5.74) is 0.330. The van der Waals surface area contributed by atoms with Gasteiger partial charge in [-0.25, -0.2) is 4.39 Å². The number of amides is 1. The molecule has 0 aromatic carbocycles. The van der Waals surface area contributed by atoms with Gasteiger partial charge in [-0.3, -0.25) is 4.79 Å². The molecule has 0 spiro atoms. The van der Waals surface area contributed by atoms with Crippen LogP contribution < -0.4 is 20.3 Å². The van der Waals surface area contributed by atoms with E-state index in [-0.39, 0.29) is 49.7 Å². The maximum atomic E-state index is 14.5. The van der Waals surface area contributed by atoms with Crippen molar-refractivity contribution in [3.63, 3.8) is 0 Å². The molecule has 1 amide bonds. The minimum Gasteiger partial charge on any atom is -0.481 e. The maximum absolute atomic E-state index is 14.5. The minimum absolute atomic E-state index is 0.0234. The molecule has 0 radical (unpaired) electrons. The second-order valence-electron chi connectivity index (χ2n) is 6.80. The van der Waals surface area contributed by atoms with Crippen LogP contribution in [0.1, 0.15) is 24.8 Å². The van der Waals surface area contributed by atoms with Gasteiger partial charge in [0.05, 0.1) is 19.1 Å². The first kappa shape index (κ1) is 19.7. The van der Waals surface area contributed by atoms with Crippen molar-refractivity contribution in [1.82, 2.24) is 15.6 Å². The Morgan fingerprint density at radius 2 is 2.22 bits per heavy atom. The van der Waals surface area contributed by atoms with Crippen molar-refractivity contribution < 1.29 is 27.1 Å². The van der Waals surface area contributed by atoms with Crippen LogP contribution in [-0.4, -0.2) is 49.9 Å². The second kappa shape index (κ2) is 7.87. The minimum atomic E-state index is -4.31. The van der Waals surface area contributed by atoms with Gasteiger partial charge in [0.15, 0.2) is 11.6 Å². The van der Waals surface area contributed by atoms with Gasteiger partial charge in [0.25, 0.3) is 0 Å².